The summed E-state index contributed by atoms with van der Waals surface area (Å²) in [4.78, 5) is 122. The predicted molar refractivity (Wildman–Crippen MR) is 215 cm³/mol. The minimum atomic E-state index is -1.60. The number of quaternary nitrogens is 1. The van der Waals surface area contributed by atoms with Crippen LogP contribution in [0.1, 0.15) is 99.4 Å². The maximum atomic E-state index is 14.2. The van der Waals surface area contributed by atoms with Crippen LogP contribution in [0.2, 0.25) is 0 Å². The first kappa shape index (κ1) is 47.4. The normalized spacial score (nSPS) is 15.6. The molecular weight excluding hydrogens is 763 g/mol. The van der Waals surface area contributed by atoms with Crippen molar-refractivity contribution in [2.45, 2.75) is 73.1 Å². The molecule has 2 aromatic carbocycles. The molecule has 0 radical (unpaired) electrons. The molecule has 7 amide bonds. The van der Waals surface area contributed by atoms with Gasteiger partial charge in [0.1, 0.15) is 6.54 Å². The Morgan fingerprint density at radius 3 is 1.81 bits per heavy atom. The third-order valence-electron chi connectivity index (χ3n) is 10.2. The van der Waals surface area contributed by atoms with Crippen LogP contribution in [-0.4, -0.2) is 104 Å². The fraction of sp³-hybridized carbons (Fsp3) is 0.500. The lowest BCUT2D eigenvalue weighted by atomic mass is 9.62. The molecule has 59 heavy (non-hydrogen) atoms. The topological polar surface area (TPSA) is 240 Å². The van der Waals surface area contributed by atoms with Crippen LogP contribution in [0, 0.1) is 22.2 Å². The summed E-state index contributed by atoms with van der Waals surface area (Å²) in [5, 5.41) is 11.1. The number of ketones is 1. The van der Waals surface area contributed by atoms with Gasteiger partial charge in [0.15, 0.2) is 12.5 Å². The first-order valence-electron chi connectivity index (χ1n) is 19.4. The molecule has 0 aliphatic carbocycles. The van der Waals surface area contributed by atoms with E-state index in [1.165, 1.54) is 31.2 Å². The number of hydrogen-bond donors (Lipinski definition) is 5. The number of benzene rings is 2. The maximum Gasteiger partial charge on any atom is 0.352 e. The van der Waals surface area contributed by atoms with Crippen molar-refractivity contribution < 1.29 is 52.5 Å². The first-order chi connectivity index (χ1) is 27.4. The Labute approximate surface area is 344 Å². The molecule has 1 saturated heterocycles. The molecule has 3 rings (SSSR count). The Hall–Kier alpha value is -5.97. The van der Waals surface area contributed by atoms with E-state index in [-0.39, 0.29) is 69.1 Å². The number of nitrogens with two attached hydrogens (primary N) is 1. The molecule has 3 atom stereocenters. The Balaban J connectivity index is 1.87. The summed E-state index contributed by atoms with van der Waals surface area (Å²) in [6.45, 7) is 7.23. The summed E-state index contributed by atoms with van der Waals surface area (Å²) in [5.41, 5.74) is 2.48. The highest BCUT2D eigenvalue weighted by atomic mass is 16.7. The lowest BCUT2D eigenvalue weighted by Gasteiger charge is -2.42. The zero-order chi connectivity index (χ0) is 44.3. The standard InChI is InChI=1S/C42H57N7O10/c1-9-27(35(43)54)21-41(4,38(57)46-25-45-36(55)30-17-15-29(16-18-30)34(53)28-13-11-10-12-14-28)24-42(5,23-40(2,3)37(56)47-26-49(6,7)8)39(58)44-22-33(52)59-48-31(50)19-20-32(48)51/h10-18,27H,9,19-26H2,1-8H3,(H5-,43,44,45,46,47,54,55,56,57,58)/p+1. The number of primary amides is 1. The molecule has 17 heteroatoms. The third-order valence-corrected chi connectivity index (χ3v) is 10.2. The van der Waals surface area contributed by atoms with Crippen LogP contribution in [0.3, 0.4) is 0 Å². The summed E-state index contributed by atoms with van der Waals surface area (Å²) < 4.78 is 0.406. The van der Waals surface area contributed by atoms with Crippen molar-refractivity contribution >= 4 is 53.1 Å². The van der Waals surface area contributed by atoms with Crippen molar-refractivity contribution in [1.82, 2.24) is 26.3 Å². The molecule has 1 fully saturated rings. The first-order valence-corrected chi connectivity index (χ1v) is 19.4. The van der Waals surface area contributed by atoms with Crippen LogP contribution in [0.4, 0.5) is 0 Å². The van der Waals surface area contributed by atoms with Crippen molar-refractivity contribution in [1.29, 1.82) is 0 Å². The highest BCUT2D eigenvalue weighted by Gasteiger charge is 2.49. The second-order valence-electron chi connectivity index (χ2n) is 17.2. The molecule has 3 unspecified atom stereocenters. The zero-order valence-electron chi connectivity index (χ0n) is 35.2. The van der Waals surface area contributed by atoms with Gasteiger partial charge >= 0.3 is 5.97 Å². The molecule has 0 bridgehead atoms. The number of nitrogens with one attached hydrogen (secondary N) is 4. The van der Waals surface area contributed by atoms with Crippen LogP contribution in [0.25, 0.3) is 0 Å². The molecular formula is C42H58N7O10+. The third kappa shape index (κ3) is 13.3. The summed E-state index contributed by atoms with van der Waals surface area (Å²) >= 11 is 0. The van der Waals surface area contributed by atoms with E-state index < -0.39 is 70.1 Å². The van der Waals surface area contributed by atoms with Crippen molar-refractivity contribution in [2.75, 3.05) is 41.0 Å². The Morgan fingerprint density at radius 2 is 1.27 bits per heavy atom. The number of carbonyl (C=O) groups excluding carboxylic acids is 9. The monoisotopic (exact) mass is 820 g/mol. The SMILES string of the molecule is CCC(CC(C)(CC(C)(CC(C)(C)C(=O)NC[N+](C)(C)C)C(=O)NCC(=O)ON1C(=O)CCC1=O)C(=O)NCNC(=O)c1ccc(C(=O)c2ccccc2)cc1)C(N)=O. The number of carbonyl (C=O) groups is 9. The van der Waals surface area contributed by atoms with E-state index in [1.54, 1.807) is 58.0 Å². The minimum absolute atomic E-state index is 0.117. The van der Waals surface area contributed by atoms with Crippen molar-refractivity contribution in [3.8, 4) is 0 Å². The number of rotatable bonds is 21. The lowest BCUT2D eigenvalue weighted by molar-refractivity contribution is -0.872. The summed E-state index contributed by atoms with van der Waals surface area (Å²) in [6, 6.07) is 14.7. The van der Waals surface area contributed by atoms with E-state index >= 15 is 0 Å². The molecule has 320 valence electrons. The highest BCUT2D eigenvalue weighted by molar-refractivity contribution is 6.09. The van der Waals surface area contributed by atoms with Gasteiger partial charge in [-0.25, -0.2) is 4.79 Å². The van der Waals surface area contributed by atoms with Gasteiger partial charge in [0.05, 0.1) is 27.8 Å². The number of imide groups is 1. The van der Waals surface area contributed by atoms with Gasteiger partial charge in [0, 0.05) is 51.7 Å². The highest BCUT2D eigenvalue weighted by Crippen LogP contribution is 2.46. The number of hydrogen-bond acceptors (Lipinski definition) is 10. The van der Waals surface area contributed by atoms with E-state index in [1.807, 2.05) is 21.1 Å². The average Bonchev–Trinajstić information content (AvgIpc) is 3.49. The number of amides is 7. The van der Waals surface area contributed by atoms with Gasteiger partial charge < -0.3 is 36.3 Å². The quantitative estimate of drug-likeness (QED) is 0.0531. The fourth-order valence-electron chi connectivity index (χ4n) is 7.13. The molecule has 1 heterocycles. The molecule has 0 aromatic heterocycles. The van der Waals surface area contributed by atoms with Crippen LogP contribution in [-0.2, 0) is 38.4 Å². The van der Waals surface area contributed by atoms with Crippen LogP contribution in [0.15, 0.2) is 54.6 Å². The van der Waals surface area contributed by atoms with Crippen LogP contribution in [0.5, 0.6) is 0 Å². The zero-order valence-corrected chi connectivity index (χ0v) is 35.2. The molecule has 1 aliphatic heterocycles. The molecule has 6 N–H and O–H groups in total. The van der Waals surface area contributed by atoms with Gasteiger partial charge in [0.25, 0.3) is 17.7 Å². The van der Waals surface area contributed by atoms with Crippen molar-refractivity contribution in [3.05, 3.63) is 71.3 Å². The molecule has 0 spiro atoms. The van der Waals surface area contributed by atoms with E-state index in [4.69, 9.17) is 10.6 Å². The summed E-state index contributed by atoms with van der Waals surface area (Å²) in [7, 11) is 5.65. The van der Waals surface area contributed by atoms with E-state index in [2.05, 4.69) is 21.3 Å². The molecule has 1 aliphatic rings. The van der Waals surface area contributed by atoms with E-state index in [9.17, 15) is 43.2 Å². The Bertz CT molecular complexity index is 1910. The second-order valence-corrected chi connectivity index (χ2v) is 17.2. The van der Waals surface area contributed by atoms with Crippen LogP contribution < -0.4 is 27.0 Å². The predicted octanol–water partition coefficient (Wildman–Crippen LogP) is 1.95. The van der Waals surface area contributed by atoms with Crippen LogP contribution >= 0.6 is 0 Å². The van der Waals surface area contributed by atoms with Gasteiger partial charge in [0.2, 0.25) is 23.6 Å². The van der Waals surface area contributed by atoms with Gasteiger partial charge in [-0.2, -0.15) is 0 Å². The van der Waals surface area contributed by atoms with E-state index in [0.29, 0.717) is 20.7 Å². The van der Waals surface area contributed by atoms with Gasteiger partial charge in [-0.05, 0) is 37.8 Å². The number of nitrogens with zero attached hydrogens (tertiary/aromatic N) is 2. The minimum Gasteiger partial charge on any atom is -0.369 e. The average molecular weight is 821 g/mol. The molecule has 2 aromatic rings. The van der Waals surface area contributed by atoms with Gasteiger partial charge in [-0.3, -0.25) is 38.4 Å². The summed E-state index contributed by atoms with van der Waals surface area (Å²) in [6.07, 6.45) is -0.520. The smallest absolute Gasteiger partial charge is 0.352 e. The van der Waals surface area contributed by atoms with Crippen molar-refractivity contribution in [3.63, 3.8) is 0 Å². The Kier molecular flexibility index (Phi) is 15.8. The maximum absolute atomic E-state index is 14.2. The van der Waals surface area contributed by atoms with Gasteiger partial charge in [-0.15, -0.1) is 5.06 Å². The largest absolute Gasteiger partial charge is 0.369 e. The fourth-order valence-corrected chi connectivity index (χ4v) is 7.13. The summed E-state index contributed by atoms with van der Waals surface area (Å²) in [5.74, 6) is -6.53. The van der Waals surface area contributed by atoms with E-state index in [0.717, 1.165) is 0 Å². The van der Waals surface area contributed by atoms with Gasteiger partial charge in [-0.1, -0.05) is 77.1 Å². The molecule has 17 nitrogen and oxygen atoms in total. The molecule has 0 saturated carbocycles. The van der Waals surface area contributed by atoms with Crippen molar-refractivity contribution in [2.24, 2.45) is 27.9 Å². The second kappa shape index (κ2) is 19.7. The Morgan fingerprint density at radius 1 is 0.729 bits per heavy atom. The lowest BCUT2D eigenvalue weighted by Crippen LogP contribution is -2.54. The number of hydroxylamine groups is 2.